The van der Waals surface area contributed by atoms with E-state index in [-0.39, 0.29) is 5.56 Å². The van der Waals surface area contributed by atoms with Crippen LogP contribution in [0, 0.1) is 11.3 Å². The molecule has 114 valence electrons. The van der Waals surface area contributed by atoms with Crippen molar-refractivity contribution in [1.29, 1.82) is 5.26 Å². The highest BCUT2D eigenvalue weighted by molar-refractivity contribution is 9.10. The lowest BCUT2D eigenvalue weighted by Gasteiger charge is -2.12. The maximum absolute atomic E-state index is 12.0. The molecule has 22 heavy (non-hydrogen) atoms. The lowest BCUT2D eigenvalue weighted by molar-refractivity contribution is 0.355. The number of aromatic nitrogens is 2. The Bertz CT molecular complexity index is 814. The summed E-state index contributed by atoms with van der Waals surface area (Å²) in [5.41, 5.74) is 0.350. The van der Waals surface area contributed by atoms with Crippen molar-refractivity contribution in [2.45, 2.75) is 5.16 Å². The van der Waals surface area contributed by atoms with E-state index < -0.39 is 5.56 Å². The number of thioether (sulfide) groups is 1. The Labute approximate surface area is 139 Å². The smallest absolute Gasteiger partial charge is 0.270 e. The van der Waals surface area contributed by atoms with Crippen LogP contribution in [-0.4, -0.2) is 30.4 Å². The van der Waals surface area contributed by atoms with Crippen LogP contribution in [-0.2, 0) is 0 Å². The van der Waals surface area contributed by atoms with Crippen LogP contribution in [0.1, 0.15) is 5.56 Å². The number of H-pyrrole nitrogens is 1. The highest BCUT2D eigenvalue weighted by atomic mass is 79.9. The molecule has 0 fully saturated rings. The number of hydrogen-bond acceptors (Lipinski definition) is 6. The molecule has 6 nitrogen and oxygen atoms in total. The lowest BCUT2D eigenvalue weighted by atomic mass is 10.1. The average molecular weight is 382 g/mol. The van der Waals surface area contributed by atoms with Crippen molar-refractivity contribution in [2.24, 2.45) is 0 Å². The topological polar surface area (TPSA) is 88.0 Å². The second-order valence-corrected chi connectivity index (χ2v) is 5.75. The molecule has 0 aliphatic rings. The summed E-state index contributed by atoms with van der Waals surface area (Å²) >= 11 is 4.71. The fourth-order valence-electron chi connectivity index (χ4n) is 1.88. The Kier molecular flexibility index (Phi) is 5.11. The molecule has 0 saturated carbocycles. The molecule has 1 heterocycles. The van der Waals surface area contributed by atoms with Gasteiger partial charge in [0, 0.05) is 10.0 Å². The standard InChI is InChI=1S/C14H12BrN3O3S/c1-20-10-4-7(9(15)5-11(10)21-2)12-8(6-16)13(19)18-14(17-12)22-3/h4-5H,1-3H3,(H,17,18,19). The zero-order chi connectivity index (χ0) is 16.3. The van der Waals surface area contributed by atoms with E-state index >= 15 is 0 Å². The van der Waals surface area contributed by atoms with Crippen molar-refractivity contribution in [3.05, 3.63) is 32.5 Å². The first kappa shape index (κ1) is 16.4. The Hall–Kier alpha value is -1.98. The zero-order valence-electron chi connectivity index (χ0n) is 12.1. The first-order valence-electron chi connectivity index (χ1n) is 6.06. The summed E-state index contributed by atoms with van der Waals surface area (Å²) in [5, 5.41) is 9.69. The maximum atomic E-state index is 12.0. The molecule has 0 radical (unpaired) electrons. The van der Waals surface area contributed by atoms with Crippen molar-refractivity contribution in [3.8, 4) is 28.8 Å². The van der Waals surface area contributed by atoms with Gasteiger partial charge in [0.2, 0.25) is 0 Å². The summed E-state index contributed by atoms with van der Waals surface area (Å²) in [4.78, 5) is 18.9. The van der Waals surface area contributed by atoms with Crippen LogP contribution < -0.4 is 15.0 Å². The number of rotatable bonds is 4. The van der Waals surface area contributed by atoms with E-state index in [0.717, 1.165) is 0 Å². The molecular weight excluding hydrogens is 370 g/mol. The molecule has 8 heteroatoms. The number of hydrogen-bond donors (Lipinski definition) is 1. The van der Waals surface area contributed by atoms with Gasteiger partial charge in [-0.2, -0.15) is 5.26 Å². The molecule has 2 aromatic rings. The molecule has 0 bridgehead atoms. The van der Waals surface area contributed by atoms with E-state index in [2.05, 4.69) is 25.9 Å². The predicted octanol–water partition coefficient (Wildman–Crippen LogP) is 2.81. The molecule has 1 aromatic heterocycles. The number of aromatic amines is 1. The van der Waals surface area contributed by atoms with Crippen LogP contribution in [0.5, 0.6) is 11.5 Å². The van der Waals surface area contributed by atoms with Crippen LogP contribution in [0.3, 0.4) is 0 Å². The summed E-state index contributed by atoms with van der Waals surface area (Å²) in [6.07, 6.45) is 1.79. The van der Waals surface area contributed by atoms with Crippen LogP contribution in [0.15, 0.2) is 26.6 Å². The minimum atomic E-state index is -0.474. The van der Waals surface area contributed by atoms with E-state index in [9.17, 15) is 10.1 Å². The van der Waals surface area contributed by atoms with Gasteiger partial charge in [-0.05, 0) is 34.3 Å². The van der Waals surface area contributed by atoms with Gasteiger partial charge < -0.3 is 14.5 Å². The van der Waals surface area contributed by atoms with Crippen molar-refractivity contribution in [1.82, 2.24) is 9.97 Å². The van der Waals surface area contributed by atoms with Crippen molar-refractivity contribution in [2.75, 3.05) is 20.5 Å². The van der Waals surface area contributed by atoms with Crippen molar-refractivity contribution < 1.29 is 9.47 Å². The summed E-state index contributed by atoms with van der Waals surface area (Å²) in [6.45, 7) is 0. The third-order valence-corrected chi connectivity index (χ3v) is 4.17. The highest BCUT2D eigenvalue weighted by Gasteiger charge is 2.18. The van der Waals surface area contributed by atoms with Gasteiger partial charge in [-0.3, -0.25) is 4.79 Å². The second-order valence-electron chi connectivity index (χ2n) is 4.10. The highest BCUT2D eigenvalue weighted by Crippen LogP contribution is 2.38. The van der Waals surface area contributed by atoms with Gasteiger partial charge in [0.05, 0.1) is 19.9 Å². The number of nitrogens with zero attached hydrogens (tertiary/aromatic N) is 2. The van der Waals surface area contributed by atoms with E-state index in [0.29, 0.717) is 32.4 Å². The molecular formula is C14H12BrN3O3S. The largest absolute Gasteiger partial charge is 0.493 e. The molecule has 0 atom stereocenters. The normalized spacial score (nSPS) is 10.1. The number of benzene rings is 1. The number of methoxy groups -OCH3 is 2. The molecule has 0 saturated heterocycles. The Morgan fingerprint density at radius 3 is 2.50 bits per heavy atom. The molecule has 0 aliphatic carbocycles. The molecule has 1 N–H and O–H groups in total. The van der Waals surface area contributed by atoms with E-state index in [4.69, 9.17) is 9.47 Å². The quantitative estimate of drug-likeness (QED) is 0.646. The summed E-state index contributed by atoms with van der Waals surface area (Å²) in [7, 11) is 3.04. The van der Waals surface area contributed by atoms with Crippen molar-refractivity contribution >= 4 is 27.7 Å². The molecule has 0 aliphatic heterocycles. The van der Waals surface area contributed by atoms with Gasteiger partial charge in [-0.15, -0.1) is 0 Å². The SMILES string of the molecule is COc1cc(Br)c(-c2nc(SC)[nH]c(=O)c2C#N)cc1OC. The first-order valence-corrected chi connectivity index (χ1v) is 8.07. The maximum Gasteiger partial charge on any atom is 0.270 e. The minimum absolute atomic E-state index is 0.0503. The third kappa shape index (κ3) is 2.96. The van der Waals surface area contributed by atoms with Crippen LogP contribution >= 0.6 is 27.7 Å². The van der Waals surface area contributed by atoms with Gasteiger partial charge in [0.15, 0.2) is 16.7 Å². The van der Waals surface area contributed by atoms with E-state index in [1.165, 1.54) is 26.0 Å². The molecule has 2 rings (SSSR count). The first-order chi connectivity index (χ1) is 10.5. The summed E-state index contributed by atoms with van der Waals surface area (Å²) < 4.78 is 11.1. The third-order valence-electron chi connectivity index (χ3n) is 2.93. The Morgan fingerprint density at radius 2 is 1.95 bits per heavy atom. The monoisotopic (exact) mass is 381 g/mol. The molecule has 0 spiro atoms. The Balaban J connectivity index is 2.79. The van der Waals surface area contributed by atoms with E-state index in [1.54, 1.807) is 18.4 Å². The van der Waals surface area contributed by atoms with Crippen molar-refractivity contribution in [3.63, 3.8) is 0 Å². The molecule has 0 unspecified atom stereocenters. The van der Waals surface area contributed by atoms with Crippen LogP contribution in [0.2, 0.25) is 0 Å². The minimum Gasteiger partial charge on any atom is -0.493 e. The number of ether oxygens (including phenoxy) is 2. The zero-order valence-corrected chi connectivity index (χ0v) is 14.5. The van der Waals surface area contributed by atoms with E-state index in [1.807, 2.05) is 6.07 Å². The Morgan fingerprint density at radius 1 is 1.32 bits per heavy atom. The fraction of sp³-hybridized carbons (Fsp3) is 0.214. The lowest BCUT2D eigenvalue weighted by Crippen LogP contribution is -2.14. The van der Waals surface area contributed by atoms with Gasteiger partial charge in [0.25, 0.3) is 5.56 Å². The van der Waals surface area contributed by atoms with Gasteiger partial charge in [-0.1, -0.05) is 11.8 Å². The van der Waals surface area contributed by atoms with Crippen LogP contribution in [0.4, 0.5) is 0 Å². The summed E-state index contributed by atoms with van der Waals surface area (Å²) in [6, 6.07) is 5.28. The average Bonchev–Trinajstić information content (AvgIpc) is 2.53. The number of halogens is 1. The second kappa shape index (κ2) is 6.85. The number of nitriles is 1. The fourth-order valence-corrected chi connectivity index (χ4v) is 2.77. The number of nitrogens with one attached hydrogen (secondary N) is 1. The van der Waals surface area contributed by atoms with Gasteiger partial charge >= 0.3 is 0 Å². The predicted molar refractivity (Wildman–Crippen MR) is 87.6 cm³/mol. The van der Waals surface area contributed by atoms with Gasteiger partial charge in [0.1, 0.15) is 11.6 Å². The summed E-state index contributed by atoms with van der Waals surface area (Å²) in [5.74, 6) is 1.02. The molecule has 0 amide bonds. The van der Waals surface area contributed by atoms with Gasteiger partial charge in [-0.25, -0.2) is 4.98 Å². The molecule has 1 aromatic carbocycles. The van der Waals surface area contributed by atoms with Crippen LogP contribution in [0.25, 0.3) is 11.3 Å².